The van der Waals surface area contributed by atoms with Crippen molar-refractivity contribution in [1.82, 2.24) is 0 Å². The Labute approximate surface area is 87.3 Å². The summed E-state index contributed by atoms with van der Waals surface area (Å²) < 4.78 is 0. The highest BCUT2D eigenvalue weighted by Gasteiger charge is 2.19. The van der Waals surface area contributed by atoms with Crippen molar-refractivity contribution in [2.24, 2.45) is 11.1 Å². The highest BCUT2D eigenvalue weighted by molar-refractivity contribution is 5.14. The lowest BCUT2D eigenvalue weighted by atomic mass is 9.84. The van der Waals surface area contributed by atoms with Gasteiger partial charge in [0.05, 0.1) is 0 Å². The first-order valence-electron chi connectivity index (χ1n) is 5.29. The van der Waals surface area contributed by atoms with Crippen molar-refractivity contribution >= 4 is 0 Å². The quantitative estimate of drug-likeness (QED) is 0.781. The van der Waals surface area contributed by atoms with E-state index in [0.29, 0.717) is 0 Å². The summed E-state index contributed by atoms with van der Waals surface area (Å²) in [6.45, 7) is 6.59. The summed E-state index contributed by atoms with van der Waals surface area (Å²) in [5.74, 6) is 0. The fourth-order valence-corrected chi connectivity index (χ4v) is 1.40. The average molecular weight is 191 g/mol. The van der Waals surface area contributed by atoms with Crippen LogP contribution in [0.3, 0.4) is 0 Å². The predicted molar refractivity (Wildman–Crippen MR) is 62.2 cm³/mol. The SMILES string of the molecule is CC(C)(C)[C@H](N)CCc1ccccc1. The van der Waals surface area contributed by atoms with Gasteiger partial charge in [-0.25, -0.2) is 0 Å². The van der Waals surface area contributed by atoms with Crippen LogP contribution >= 0.6 is 0 Å². The predicted octanol–water partition coefficient (Wildman–Crippen LogP) is 2.99. The molecule has 0 bridgehead atoms. The van der Waals surface area contributed by atoms with E-state index < -0.39 is 0 Å². The fraction of sp³-hybridized carbons (Fsp3) is 0.538. The lowest BCUT2D eigenvalue weighted by molar-refractivity contribution is 0.306. The molecule has 1 nitrogen and oxygen atoms in total. The molecule has 1 aromatic rings. The van der Waals surface area contributed by atoms with E-state index in [1.165, 1.54) is 5.56 Å². The van der Waals surface area contributed by atoms with E-state index >= 15 is 0 Å². The number of hydrogen-bond donors (Lipinski definition) is 1. The van der Waals surface area contributed by atoms with Crippen molar-refractivity contribution in [3.05, 3.63) is 35.9 Å². The summed E-state index contributed by atoms with van der Waals surface area (Å²) in [6, 6.07) is 10.8. The topological polar surface area (TPSA) is 26.0 Å². The molecule has 14 heavy (non-hydrogen) atoms. The van der Waals surface area contributed by atoms with Gasteiger partial charge in [-0.2, -0.15) is 0 Å². The Morgan fingerprint density at radius 2 is 1.71 bits per heavy atom. The van der Waals surface area contributed by atoms with Crippen molar-refractivity contribution in [2.75, 3.05) is 0 Å². The van der Waals surface area contributed by atoms with Gasteiger partial charge < -0.3 is 5.73 Å². The lowest BCUT2D eigenvalue weighted by Gasteiger charge is -2.26. The average Bonchev–Trinajstić information content (AvgIpc) is 2.14. The molecule has 0 aliphatic carbocycles. The highest BCUT2D eigenvalue weighted by Crippen LogP contribution is 2.21. The van der Waals surface area contributed by atoms with E-state index in [1.54, 1.807) is 0 Å². The van der Waals surface area contributed by atoms with Gasteiger partial charge in [0.1, 0.15) is 0 Å². The highest BCUT2D eigenvalue weighted by atomic mass is 14.7. The van der Waals surface area contributed by atoms with Crippen LogP contribution in [-0.4, -0.2) is 6.04 Å². The van der Waals surface area contributed by atoms with Gasteiger partial charge in [0.25, 0.3) is 0 Å². The van der Waals surface area contributed by atoms with Gasteiger partial charge >= 0.3 is 0 Å². The first-order chi connectivity index (χ1) is 6.50. The molecule has 1 heteroatoms. The Kier molecular flexibility index (Phi) is 3.70. The molecule has 0 fully saturated rings. The molecule has 0 saturated heterocycles. The summed E-state index contributed by atoms with van der Waals surface area (Å²) in [6.07, 6.45) is 2.15. The zero-order valence-corrected chi connectivity index (χ0v) is 9.46. The molecule has 0 radical (unpaired) electrons. The van der Waals surface area contributed by atoms with E-state index in [-0.39, 0.29) is 11.5 Å². The summed E-state index contributed by atoms with van der Waals surface area (Å²) in [5, 5.41) is 0. The zero-order chi connectivity index (χ0) is 10.6. The molecule has 0 saturated carbocycles. The van der Waals surface area contributed by atoms with Crippen LogP contribution in [-0.2, 0) is 6.42 Å². The van der Waals surface area contributed by atoms with Gasteiger partial charge in [-0.15, -0.1) is 0 Å². The molecule has 0 aromatic heterocycles. The molecule has 0 aliphatic rings. The van der Waals surface area contributed by atoms with Crippen molar-refractivity contribution in [3.63, 3.8) is 0 Å². The Bertz CT molecular complexity index is 258. The van der Waals surface area contributed by atoms with E-state index in [0.717, 1.165) is 12.8 Å². The fourth-order valence-electron chi connectivity index (χ4n) is 1.40. The largest absolute Gasteiger partial charge is 0.327 e. The Morgan fingerprint density at radius 1 is 1.14 bits per heavy atom. The van der Waals surface area contributed by atoms with Crippen molar-refractivity contribution < 1.29 is 0 Å². The minimum atomic E-state index is 0.217. The summed E-state index contributed by atoms with van der Waals surface area (Å²) in [5.41, 5.74) is 7.70. The lowest BCUT2D eigenvalue weighted by Crippen LogP contribution is -2.35. The molecular weight excluding hydrogens is 170 g/mol. The number of nitrogens with two attached hydrogens (primary N) is 1. The number of hydrogen-bond acceptors (Lipinski definition) is 1. The summed E-state index contributed by atoms with van der Waals surface area (Å²) >= 11 is 0. The first-order valence-corrected chi connectivity index (χ1v) is 5.29. The standard InChI is InChI=1S/C13H21N/c1-13(2,3)12(14)10-9-11-7-5-4-6-8-11/h4-8,12H,9-10,14H2,1-3H3/t12-/m1/s1. The second-order valence-electron chi connectivity index (χ2n) is 5.00. The molecule has 0 aliphatic heterocycles. The normalized spacial score (nSPS) is 14.0. The van der Waals surface area contributed by atoms with Gasteiger partial charge in [-0.1, -0.05) is 51.1 Å². The van der Waals surface area contributed by atoms with Gasteiger partial charge in [0.15, 0.2) is 0 Å². The molecule has 0 spiro atoms. The van der Waals surface area contributed by atoms with E-state index in [4.69, 9.17) is 5.73 Å². The minimum Gasteiger partial charge on any atom is -0.327 e. The summed E-state index contributed by atoms with van der Waals surface area (Å²) in [4.78, 5) is 0. The van der Waals surface area contributed by atoms with E-state index in [1.807, 2.05) is 6.07 Å². The number of aryl methyl sites for hydroxylation is 1. The Hall–Kier alpha value is -0.820. The van der Waals surface area contributed by atoms with Crippen LogP contribution in [0.4, 0.5) is 0 Å². The van der Waals surface area contributed by atoms with Crippen LogP contribution in [0.15, 0.2) is 30.3 Å². The maximum absolute atomic E-state index is 6.10. The first kappa shape index (κ1) is 11.3. The van der Waals surface area contributed by atoms with Crippen LogP contribution in [0.25, 0.3) is 0 Å². The second-order valence-corrected chi connectivity index (χ2v) is 5.00. The van der Waals surface area contributed by atoms with Gasteiger partial charge in [-0.3, -0.25) is 0 Å². The third-order valence-corrected chi connectivity index (χ3v) is 2.70. The smallest absolute Gasteiger partial charge is 0.00908 e. The van der Waals surface area contributed by atoms with Crippen molar-refractivity contribution in [2.45, 2.75) is 39.7 Å². The van der Waals surface area contributed by atoms with Crippen LogP contribution in [0.2, 0.25) is 0 Å². The second kappa shape index (κ2) is 4.61. The molecule has 0 unspecified atom stereocenters. The molecule has 0 amide bonds. The van der Waals surface area contributed by atoms with Crippen molar-refractivity contribution in [3.8, 4) is 0 Å². The van der Waals surface area contributed by atoms with Crippen molar-refractivity contribution in [1.29, 1.82) is 0 Å². The zero-order valence-electron chi connectivity index (χ0n) is 9.46. The van der Waals surface area contributed by atoms with Gasteiger partial charge in [0, 0.05) is 6.04 Å². The van der Waals surface area contributed by atoms with Crippen LogP contribution < -0.4 is 5.73 Å². The molecular formula is C13H21N. The Morgan fingerprint density at radius 3 is 2.21 bits per heavy atom. The maximum atomic E-state index is 6.10. The number of benzene rings is 1. The molecule has 0 heterocycles. The van der Waals surface area contributed by atoms with Crippen LogP contribution in [0, 0.1) is 5.41 Å². The maximum Gasteiger partial charge on any atom is 0.00908 e. The monoisotopic (exact) mass is 191 g/mol. The molecule has 2 N–H and O–H groups in total. The van der Waals surface area contributed by atoms with Gasteiger partial charge in [-0.05, 0) is 23.8 Å². The molecule has 1 aromatic carbocycles. The third kappa shape index (κ3) is 3.51. The molecule has 1 rings (SSSR count). The van der Waals surface area contributed by atoms with Crippen LogP contribution in [0.1, 0.15) is 32.8 Å². The summed E-state index contributed by atoms with van der Waals surface area (Å²) in [7, 11) is 0. The number of rotatable bonds is 3. The molecule has 1 atom stereocenters. The Balaban J connectivity index is 2.42. The van der Waals surface area contributed by atoms with E-state index in [2.05, 4.69) is 45.0 Å². The van der Waals surface area contributed by atoms with Gasteiger partial charge in [0.2, 0.25) is 0 Å². The molecule has 78 valence electrons. The van der Waals surface area contributed by atoms with Crippen LogP contribution in [0.5, 0.6) is 0 Å². The third-order valence-electron chi connectivity index (χ3n) is 2.70. The minimum absolute atomic E-state index is 0.217. The van der Waals surface area contributed by atoms with E-state index in [9.17, 15) is 0 Å².